The Balaban J connectivity index is 1.88. The van der Waals surface area contributed by atoms with E-state index in [0.717, 1.165) is 44.0 Å². The lowest BCUT2D eigenvalue weighted by Gasteiger charge is -2.18. The van der Waals surface area contributed by atoms with E-state index in [4.69, 9.17) is 0 Å². The third kappa shape index (κ3) is 4.58. The van der Waals surface area contributed by atoms with Crippen LogP contribution in [-0.4, -0.2) is 30.1 Å². The summed E-state index contributed by atoms with van der Waals surface area (Å²) in [5, 5.41) is 5.47. The molecular formula is C15H22N4S. The zero-order valence-electron chi connectivity index (χ0n) is 12.2. The Labute approximate surface area is 124 Å². The van der Waals surface area contributed by atoms with Gasteiger partial charge in [0, 0.05) is 31.2 Å². The summed E-state index contributed by atoms with van der Waals surface area (Å²) >= 11 is 1.80. The molecule has 0 saturated carbocycles. The predicted molar refractivity (Wildman–Crippen MR) is 85.3 cm³/mol. The third-order valence-electron chi connectivity index (χ3n) is 3.07. The van der Waals surface area contributed by atoms with Crippen molar-refractivity contribution >= 4 is 17.2 Å². The van der Waals surface area contributed by atoms with Gasteiger partial charge in [-0.2, -0.15) is 0 Å². The van der Waals surface area contributed by atoms with E-state index in [9.17, 15) is 0 Å². The van der Waals surface area contributed by atoms with Crippen molar-refractivity contribution in [3.63, 3.8) is 0 Å². The molecule has 0 aliphatic carbocycles. The van der Waals surface area contributed by atoms with Crippen molar-refractivity contribution in [1.82, 2.24) is 15.3 Å². The summed E-state index contributed by atoms with van der Waals surface area (Å²) < 4.78 is 0. The van der Waals surface area contributed by atoms with Crippen LogP contribution >= 0.6 is 11.3 Å². The molecule has 108 valence electrons. The van der Waals surface area contributed by atoms with Gasteiger partial charge in [0.25, 0.3) is 0 Å². The monoisotopic (exact) mass is 290 g/mol. The second-order valence-electron chi connectivity index (χ2n) is 4.80. The van der Waals surface area contributed by atoms with E-state index in [-0.39, 0.29) is 0 Å². The second-order valence-corrected chi connectivity index (χ2v) is 5.83. The van der Waals surface area contributed by atoms with E-state index in [1.54, 1.807) is 11.3 Å². The van der Waals surface area contributed by atoms with Crippen LogP contribution in [0.2, 0.25) is 0 Å². The summed E-state index contributed by atoms with van der Waals surface area (Å²) in [6, 6.07) is 4.27. The molecule has 5 heteroatoms. The first-order valence-electron chi connectivity index (χ1n) is 7.04. The summed E-state index contributed by atoms with van der Waals surface area (Å²) in [7, 11) is 2.07. The summed E-state index contributed by atoms with van der Waals surface area (Å²) in [6.45, 7) is 4.92. The molecule has 0 aromatic carbocycles. The van der Waals surface area contributed by atoms with Crippen LogP contribution < -0.4 is 10.2 Å². The van der Waals surface area contributed by atoms with Crippen LogP contribution in [0.1, 0.15) is 23.9 Å². The summed E-state index contributed by atoms with van der Waals surface area (Å²) in [4.78, 5) is 12.5. The van der Waals surface area contributed by atoms with Crippen LogP contribution in [0, 0.1) is 0 Å². The number of thiophene rings is 1. The summed E-state index contributed by atoms with van der Waals surface area (Å²) in [5.41, 5.74) is 0.999. The van der Waals surface area contributed by atoms with Crippen molar-refractivity contribution in [2.75, 3.05) is 25.0 Å². The summed E-state index contributed by atoms with van der Waals surface area (Å²) in [5.74, 6) is 0.942. The molecular weight excluding hydrogens is 268 g/mol. The van der Waals surface area contributed by atoms with E-state index in [2.05, 4.69) is 51.7 Å². The van der Waals surface area contributed by atoms with E-state index in [1.165, 1.54) is 4.88 Å². The molecule has 0 atom stereocenters. The number of hydrogen-bond donors (Lipinski definition) is 1. The topological polar surface area (TPSA) is 41.1 Å². The second kappa shape index (κ2) is 7.97. The molecule has 0 spiro atoms. The average Bonchev–Trinajstić information content (AvgIpc) is 2.99. The molecule has 1 N–H and O–H groups in total. The highest BCUT2D eigenvalue weighted by atomic mass is 32.1. The first-order chi connectivity index (χ1) is 9.79. The van der Waals surface area contributed by atoms with Gasteiger partial charge in [0.15, 0.2) is 0 Å². The molecule has 0 aliphatic heterocycles. The molecule has 0 saturated heterocycles. The quantitative estimate of drug-likeness (QED) is 0.759. The number of aromatic nitrogens is 2. The highest BCUT2D eigenvalue weighted by Gasteiger charge is 2.05. The van der Waals surface area contributed by atoms with Gasteiger partial charge in [-0.1, -0.05) is 13.0 Å². The number of likely N-dealkylation sites (N-methyl/N-ethyl adjacent to an activating group) is 1. The Morgan fingerprint density at radius 3 is 3.00 bits per heavy atom. The van der Waals surface area contributed by atoms with Crippen LogP contribution in [0.4, 0.5) is 5.82 Å². The maximum atomic E-state index is 4.65. The molecule has 0 amide bonds. The fourth-order valence-corrected chi connectivity index (χ4v) is 2.60. The number of hydrogen-bond acceptors (Lipinski definition) is 5. The molecule has 2 rings (SSSR count). The number of anilines is 1. The molecule has 2 aromatic heterocycles. The molecule has 2 heterocycles. The predicted octanol–water partition coefficient (Wildman–Crippen LogP) is 2.72. The van der Waals surface area contributed by atoms with Crippen LogP contribution in [0.5, 0.6) is 0 Å². The molecule has 20 heavy (non-hydrogen) atoms. The molecule has 0 bridgehead atoms. The normalized spacial score (nSPS) is 10.7. The minimum absolute atomic E-state index is 0.785. The largest absolute Gasteiger partial charge is 0.358 e. The first kappa shape index (κ1) is 14.9. The van der Waals surface area contributed by atoms with Crippen molar-refractivity contribution in [3.8, 4) is 0 Å². The van der Waals surface area contributed by atoms with Crippen molar-refractivity contribution in [1.29, 1.82) is 0 Å². The third-order valence-corrected chi connectivity index (χ3v) is 4.01. The highest BCUT2D eigenvalue weighted by Crippen LogP contribution is 2.12. The number of nitrogens with one attached hydrogen (secondary N) is 1. The lowest BCUT2D eigenvalue weighted by atomic mass is 10.3. The average molecular weight is 290 g/mol. The van der Waals surface area contributed by atoms with E-state index >= 15 is 0 Å². The van der Waals surface area contributed by atoms with Crippen LogP contribution in [0.15, 0.2) is 29.9 Å². The Kier molecular flexibility index (Phi) is 5.95. The van der Waals surface area contributed by atoms with Gasteiger partial charge in [-0.05, 0) is 30.8 Å². The molecule has 4 nitrogen and oxygen atoms in total. The van der Waals surface area contributed by atoms with Crippen LogP contribution in [-0.2, 0) is 13.0 Å². The van der Waals surface area contributed by atoms with Gasteiger partial charge in [0.05, 0.1) is 11.9 Å². The van der Waals surface area contributed by atoms with Gasteiger partial charge < -0.3 is 10.2 Å². The van der Waals surface area contributed by atoms with Crippen molar-refractivity contribution in [3.05, 3.63) is 40.5 Å². The number of rotatable bonds is 8. The van der Waals surface area contributed by atoms with Crippen molar-refractivity contribution < 1.29 is 0 Å². The Bertz CT molecular complexity index is 498. The smallest absolute Gasteiger partial charge is 0.147 e. The van der Waals surface area contributed by atoms with E-state index in [1.807, 2.05) is 12.4 Å². The SMILES string of the molecule is CCCNCc1cncc(N(C)CCc2cccs2)n1. The fourth-order valence-electron chi connectivity index (χ4n) is 1.90. The van der Waals surface area contributed by atoms with Gasteiger partial charge in [0.2, 0.25) is 0 Å². The standard InChI is InChI=1S/C15H22N4S/c1-3-7-16-10-13-11-17-12-15(18-13)19(2)8-6-14-5-4-9-20-14/h4-5,9,11-12,16H,3,6-8,10H2,1-2H3. The number of nitrogens with zero attached hydrogens (tertiary/aromatic N) is 3. The maximum Gasteiger partial charge on any atom is 0.147 e. The van der Waals surface area contributed by atoms with Crippen LogP contribution in [0.25, 0.3) is 0 Å². The lowest BCUT2D eigenvalue weighted by Crippen LogP contribution is -2.22. The molecule has 0 radical (unpaired) electrons. The lowest BCUT2D eigenvalue weighted by molar-refractivity contribution is 0.661. The fraction of sp³-hybridized carbons (Fsp3) is 0.467. The van der Waals surface area contributed by atoms with Crippen molar-refractivity contribution in [2.24, 2.45) is 0 Å². The van der Waals surface area contributed by atoms with Gasteiger partial charge in [-0.25, -0.2) is 4.98 Å². The molecule has 0 fully saturated rings. The maximum absolute atomic E-state index is 4.65. The Hall–Kier alpha value is -1.46. The molecule has 0 unspecified atom stereocenters. The van der Waals surface area contributed by atoms with Gasteiger partial charge in [-0.3, -0.25) is 4.98 Å². The van der Waals surface area contributed by atoms with E-state index < -0.39 is 0 Å². The van der Waals surface area contributed by atoms with Gasteiger partial charge >= 0.3 is 0 Å². The minimum Gasteiger partial charge on any atom is -0.358 e. The van der Waals surface area contributed by atoms with Gasteiger partial charge in [0.1, 0.15) is 5.82 Å². The summed E-state index contributed by atoms with van der Waals surface area (Å²) in [6.07, 6.45) is 5.85. The van der Waals surface area contributed by atoms with Crippen LogP contribution in [0.3, 0.4) is 0 Å². The highest BCUT2D eigenvalue weighted by molar-refractivity contribution is 7.09. The molecule has 2 aromatic rings. The zero-order valence-corrected chi connectivity index (χ0v) is 13.0. The zero-order chi connectivity index (χ0) is 14.2. The minimum atomic E-state index is 0.785. The first-order valence-corrected chi connectivity index (χ1v) is 7.92. The van der Waals surface area contributed by atoms with E-state index in [0.29, 0.717) is 0 Å². The Morgan fingerprint density at radius 2 is 2.25 bits per heavy atom. The van der Waals surface area contributed by atoms with Gasteiger partial charge in [-0.15, -0.1) is 11.3 Å². The Morgan fingerprint density at radius 1 is 1.35 bits per heavy atom. The van der Waals surface area contributed by atoms with Crippen molar-refractivity contribution in [2.45, 2.75) is 26.3 Å². The molecule has 0 aliphatic rings.